The van der Waals surface area contributed by atoms with Gasteiger partial charge in [0.2, 0.25) is 0 Å². The van der Waals surface area contributed by atoms with Crippen LogP contribution in [0.2, 0.25) is 0 Å². The van der Waals surface area contributed by atoms with Gasteiger partial charge in [-0.2, -0.15) is 23.5 Å². The molecule has 0 rings (SSSR count). The monoisotopic (exact) mass is 189 g/mol. The van der Waals surface area contributed by atoms with E-state index in [0.717, 1.165) is 6.42 Å². The van der Waals surface area contributed by atoms with Gasteiger partial charge in [-0.3, -0.25) is 0 Å². The lowest BCUT2D eigenvalue weighted by atomic mass is 10.1. The molecule has 0 spiro atoms. The van der Waals surface area contributed by atoms with Gasteiger partial charge in [0.05, 0.1) is 0 Å². The summed E-state index contributed by atoms with van der Waals surface area (Å²) in [4.78, 5) is 0. The summed E-state index contributed by atoms with van der Waals surface area (Å²) in [5.41, 5.74) is 0. The van der Waals surface area contributed by atoms with E-state index in [-0.39, 0.29) is 4.75 Å². The fraction of sp³-hybridized carbons (Fsp3) is 0.667. The summed E-state index contributed by atoms with van der Waals surface area (Å²) in [6, 6.07) is 0. The molecule has 0 N–H and O–H groups in total. The third kappa shape index (κ3) is 4.12. The number of rotatable bonds is 5. The second-order valence-electron chi connectivity index (χ2n) is 2.80. The van der Waals surface area contributed by atoms with E-state index in [1.54, 1.807) is 0 Å². The molecule has 0 nitrogen and oxygen atoms in total. The molecule has 2 heteroatoms. The van der Waals surface area contributed by atoms with Gasteiger partial charge in [0.15, 0.2) is 0 Å². The zero-order chi connectivity index (χ0) is 8.91. The maximum atomic E-state index is 3.85. The first-order chi connectivity index (χ1) is 5.08. The Balaban J connectivity index is 3.96. The highest BCUT2D eigenvalue weighted by Crippen LogP contribution is 2.35. The van der Waals surface area contributed by atoms with Gasteiger partial charge in [0.1, 0.15) is 0 Å². The van der Waals surface area contributed by atoms with Crippen molar-refractivity contribution in [2.45, 2.75) is 25.0 Å². The molecule has 1 radical (unpaired) electrons. The Morgan fingerprint density at radius 1 is 1.55 bits per heavy atom. The van der Waals surface area contributed by atoms with Gasteiger partial charge in [-0.1, -0.05) is 6.08 Å². The van der Waals surface area contributed by atoms with Crippen molar-refractivity contribution in [3.05, 3.63) is 17.9 Å². The van der Waals surface area contributed by atoms with Gasteiger partial charge < -0.3 is 0 Å². The molecule has 0 aliphatic heterocycles. The van der Waals surface area contributed by atoms with E-state index >= 15 is 0 Å². The number of thioether (sulfide) groups is 2. The summed E-state index contributed by atoms with van der Waals surface area (Å²) >= 11 is 3.70. The van der Waals surface area contributed by atoms with Gasteiger partial charge in [-0.25, -0.2) is 0 Å². The first kappa shape index (κ1) is 11.4. The predicted octanol–water partition coefficient (Wildman–Crippen LogP) is 3.60. The van der Waals surface area contributed by atoms with Crippen LogP contribution in [0, 0.1) is 5.25 Å². The van der Waals surface area contributed by atoms with Crippen molar-refractivity contribution >= 4 is 23.5 Å². The van der Waals surface area contributed by atoms with Crippen LogP contribution in [0.5, 0.6) is 0 Å². The van der Waals surface area contributed by atoms with Crippen LogP contribution in [-0.4, -0.2) is 17.3 Å². The van der Waals surface area contributed by atoms with Crippen molar-refractivity contribution < 1.29 is 0 Å². The highest BCUT2D eigenvalue weighted by molar-refractivity contribution is 8.01. The second kappa shape index (κ2) is 5.15. The van der Waals surface area contributed by atoms with E-state index in [0.29, 0.717) is 0 Å². The molecule has 0 heterocycles. The summed E-state index contributed by atoms with van der Waals surface area (Å²) < 4.78 is 0.229. The summed E-state index contributed by atoms with van der Waals surface area (Å²) in [6.45, 7) is 8.26. The summed E-state index contributed by atoms with van der Waals surface area (Å²) in [5.74, 6) is 0. The molecule has 0 aliphatic rings. The molecule has 0 saturated heterocycles. The van der Waals surface area contributed by atoms with Gasteiger partial charge in [-0.05, 0) is 32.8 Å². The molecule has 0 amide bonds. The van der Waals surface area contributed by atoms with Crippen molar-refractivity contribution in [1.29, 1.82) is 0 Å². The standard InChI is InChI=1S/C9H17S2/c1-6-9(3,11-5)7-8(2)10-4/h6H,1,7H2,2-5H3. The first-order valence-electron chi connectivity index (χ1n) is 3.63. The van der Waals surface area contributed by atoms with Crippen molar-refractivity contribution in [2.75, 3.05) is 12.5 Å². The molecule has 65 valence electrons. The van der Waals surface area contributed by atoms with Crippen molar-refractivity contribution in [2.24, 2.45) is 0 Å². The minimum atomic E-state index is 0.229. The Labute approximate surface area is 79.2 Å². The maximum Gasteiger partial charge on any atom is 0.0318 e. The lowest BCUT2D eigenvalue weighted by Gasteiger charge is -2.25. The van der Waals surface area contributed by atoms with Crippen LogP contribution in [0.15, 0.2) is 12.7 Å². The van der Waals surface area contributed by atoms with Crippen LogP contribution >= 0.6 is 23.5 Å². The van der Waals surface area contributed by atoms with Crippen LogP contribution in [0.4, 0.5) is 0 Å². The molecule has 0 saturated carbocycles. The lowest BCUT2D eigenvalue weighted by Crippen LogP contribution is -2.17. The van der Waals surface area contributed by atoms with E-state index in [9.17, 15) is 0 Å². The Kier molecular flexibility index (Phi) is 5.36. The molecule has 11 heavy (non-hydrogen) atoms. The third-order valence-electron chi connectivity index (χ3n) is 1.85. The van der Waals surface area contributed by atoms with E-state index in [4.69, 9.17) is 0 Å². The molecule has 1 atom stereocenters. The van der Waals surface area contributed by atoms with Crippen LogP contribution in [0.3, 0.4) is 0 Å². The molecule has 0 aromatic heterocycles. The van der Waals surface area contributed by atoms with Gasteiger partial charge in [-0.15, -0.1) is 6.58 Å². The SMILES string of the molecule is C=CC(C)(C[C](C)SC)SC. The second-order valence-corrected chi connectivity index (χ2v) is 5.25. The van der Waals surface area contributed by atoms with E-state index < -0.39 is 0 Å². The molecular formula is C9H17S2. The highest BCUT2D eigenvalue weighted by Gasteiger charge is 2.21. The number of hydrogen-bond donors (Lipinski definition) is 0. The predicted molar refractivity (Wildman–Crippen MR) is 59.2 cm³/mol. The minimum absolute atomic E-state index is 0.229. The minimum Gasteiger partial charge on any atom is -0.157 e. The topological polar surface area (TPSA) is 0 Å². The Hall–Kier alpha value is 0.440. The average Bonchev–Trinajstić information content (AvgIpc) is 2.04. The van der Waals surface area contributed by atoms with Crippen LogP contribution in [0.1, 0.15) is 20.3 Å². The Bertz CT molecular complexity index is 123. The van der Waals surface area contributed by atoms with Crippen LogP contribution < -0.4 is 0 Å². The molecular weight excluding hydrogens is 172 g/mol. The van der Waals surface area contributed by atoms with Crippen molar-refractivity contribution in [3.63, 3.8) is 0 Å². The van der Waals surface area contributed by atoms with Gasteiger partial charge in [0, 0.05) is 10.00 Å². The third-order valence-corrected chi connectivity index (χ3v) is 3.93. The van der Waals surface area contributed by atoms with Gasteiger partial charge >= 0.3 is 0 Å². The molecule has 0 aromatic rings. The van der Waals surface area contributed by atoms with E-state index in [1.165, 1.54) is 5.25 Å². The lowest BCUT2D eigenvalue weighted by molar-refractivity contribution is 0.760. The van der Waals surface area contributed by atoms with Crippen molar-refractivity contribution in [3.8, 4) is 0 Å². The largest absolute Gasteiger partial charge is 0.157 e. The fourth-order valence-electron chi connectivity index (χ4n) is 0.794. The Morgan fingerprint density at radius 3 is 2.36 bits per heavy atom. The molecule has 0 aromatic carbocycles. The summed E-state index contributed by atoms with van der Waals surface area (Å²) in [7, 11) is 0. The quantitative estimate of drug-likeness (QED) is 0.606. The van der Waals surface area contributed by atoms with Crippen LogP contribution in [0.25, 0.3) is 0 Å². The first-order valence-corrected chi connectivity index (χ1v) is 6.08. The van der Waals surface area contributed by atoms with Crippen LogP contribution in [-0.2, 0) is 0 Å². The fourth-order valence-corrected chi connectivity index (χ4v) is 1.86. The van der Waals surface area contributed by atoms with Crippen molar-refractivity contribution in [1.82, 2.24) is 0 Å². The highest BCUT2D eigenvalue weighted by atomic mass is 32.2. The van der Waals surface area contributed by atoms with E-state index in [1.807, 2.05) is 29.6 Å². The molecule has 0 fully saturated rings. The average molecular weight is 189 g/mol. The number of hydrogen-bond acceptors (Lipinski definition) is 2. The summed E-state index contributed by atoms with van der Waals surface area (Å²) in [6.07, 6.45) is 7.42. The Morgan fingerprint density at radius 2 is 2.09 bits per heavy atom. The smallest absolute Gasteiger partial charge is 0.0318 e. The zero-order valence-corrected chi connectivity index (χ0v) is 9.44. The maximum absolute atomic E-state index is 3.85. The molecule has 1 unspecified atom stereocenters. The summed E-state index contributed by atoms with van der Waals surface area (Å²) in [5, 5.41) is 1.47. The zero-order valence-electron chi connectivity index (χ0n) is 7.81. The molecule has 0 bridgehead atoms. The normalized spacial score (nSPS) is 16.5. The molecule has 0 aliphatic carbocycles. The van der Waals surface area contributed by atoms with E-state index in [2.05, 4.69) is 32.9 Å². The van der Waals surface area contributed by atoms with Gasteiger partial charge in [0.25, 0.3) is 0 Å².